The van der Waals surface area contributed by atoms with Gasteiger partial charge in [0, 0.05) is 12.1 Å². The Morgan fingerprint density at radius 3 is 2.50 bits per heavy atom. The van der Waals surface area contributed by atoms with Gasteiger partial charge in [-0.3, -0.25) is 0 Å². The molecule has 1 rings (SSSR count). The van der Waals surface area contributed by atoms with Crippen molar-refractivity contribution in [1.29, 1.82) is 5.41 Å². The molecule has 0 aliphatic heterocycles. The zero-order valence-electron chi connectivity index (χ0n) is 8.33. The van der Waals surface area contributed by atoms with E-state index in [9.17, 15) is 0 Å². The quantitative estimate of drug-likeness (QED) is 0.555. The van der Waals surface area contributed by atoms with Crippen molar-refractivity contribution in [2.45, 2.75) is 13.3 Å². The predicted octanol–water partition coefficient (Wildman–Crippen LogP) is 2.93. The van der Waals surface area contributed by atoms with Crippen LogP contribution in [0.1, 0.15) is 18.1 Å². The molecular weight excluding hydrogens is 174 g/mol. The molecule has 1 unspecified atom stereocenters. The van der Waals surface area contributed by atoms with Crippen LogP contribution < -0.4 is 0 Å². The molecule has 74 valence electrons. The van der Waals surface area contributed by atoms with Gasteiger partial charge in [-0.2, -0.15) is 0 Å². The molecule has 0 aliphatic rings. The van der Waals surface area contributed by atoms with E-state index >= 15 is 0 Å². The Labute approximate surface area is 84.4 Å². The summed E-state index contributed by atoms with van der Waals surface area (Å²) in [6, 6.07) is 7.74. The van der Waals surface area contributed by atoms with Crippen LogP contribution >= 0.6 is 0 Å². The van der Waals surface area contributed by atoms with E-state index in [1.54, 1.807) is 0 Å². The predicted molar refractivity (Wildman–Crippen MR) is 59.0 cm³/mol. The topological polar surface area (TPSA) is 44.1 Å². The van der Waals surface area contributed by atoms with Gasteiger partial charge in [0.25, 0.3) is 0 Å². The second-order valence-corrected chi connectivity index (χ2v) is 3.48. The minimum absolute atomic E-state index is 0.0841. The lowest BCUT2D eigenvalue weighted by atomic mass is 9.99. The smallest absolute Gasteiger partial charge is 0.0882 e. The van der Waals surface area contributed by atoms with Crippen LogP contribution in [0.2, 0.25) is 0 Å². The van der Waals surface area contributed by atoms with Crippen LogP contribution in [0.25, 0.3) is 0 Å². The number of benzene rings is 1. The molecule has 0 fully saturated rings. The zero-order valence-corrected chi connectivity index (χ0v) is 8.33. The van der Waals surface area contributed by atoms with Crippen molar-refractivity contribution in [3.05, 3.63) is 47.7 Å². The van der Waals surface area contributed by atoms with E-state index in [4.69, 9.17) is 10.5 Å². The minimum atomic E-state index is 0.0841. The number of hydrogen-bond donors (Lipinski definition) is 2. The minimum Gasteiger partial charge on any atom is -0.513 e. The van der Waals surface area contributed by atoms with Gasteiger partial charge in [-0.15, -0.1) is 0 Å². The molecule has 1 atom stereocenters. The summed E-state index contributed by atoms with van der Waals surface area (Å²) in [7, 11) is 0. The zero-order chi connectivity index (χ0) is 10.6. The molecule has 2 nitrogen and oxygen atoms in total. The van der Waals surface area contributed by atoms with E-state index in [1.165, 1.54) is 6.21 Å². The molecule has 0 heterocycles. The third-order valence-electron chi connectivity index (χ3n) is 2.26. The highest BCUT2D eigenvalue weighted by atomic mass is 16.3. The first-order valence-corrected chi connectivity index (χ1v) is 4.60. The van der Waals surface area contributed by atoms with Crippen molar-refractivity contribution in [3.63, 3.8) is 0 Å². The fraction of sp³-hybridized carbons (Fsp3) is 0.250. The van der Waals surface area contributed by atoms with E-state index in [0.29, 0.717) is 0 Å². The summed E-state index contributed by atoms with van der Waals surface area (Å²) in [6.45, 7) is 5.44. The fourth-order valence-electron chi connectivity index (χ4n) is 1.22. The monoisotopic (exact) mass is 189 g/mol. The second kappa shape index (κ2) is 4.61. The summed E-state index contributed by atoms with van der Waals surface area (Å²) in [5, 5.41) is 16.2. The second-order valence-electron chi connectivity index (χ2n) is 3.48. The first kappa shape index (κ1) is 10.5. The lowest BCUT2D eigenvalue weighted by Gasteiger charge is -2.09. The summed E-state index contributed by atoms with van der Waals surface area (Å²) in [5.74, 6) is 0.307. The highest BCUT2D eigenvalue weighted by molar-refractivity contribution is 5.76. The molecule has 0 saturated carbocycles. The van der Waals surface area contributed by atoms with Gasteiger partial charge in [-0.25, -0.2) is 0 Å². The lowest BCUT2D eigenvalue weighted by molar-refractivity contribution is 0.342. The van der Waals surface area contributed by atoms with Crippen molar-refractivity contribution in [1.82, 2.24) is 0 Å². The van der Waals surface area contributed by atoms with E-state index in [1.807, 2.05) is 31.2 Å². The number of rotatable bonds is 4. The number of nitrogens with one attached hydrogen (secondary N) is 1. The molecule has 0 radical (unpaired) electrons. The summed E-state index contributed by atoms with van der Waals surface area (Å²) >= 11 is 0. The molecule has 0 spiro atoms. The van der Waals surface area contributed by atoms with E-state index in [2.05, 4.69) is 6.58 Å². The molecule has 14 heavy (non-hydrogen) atoms. The summed E-state index contributed by atoms with van der Waals surface area (Å²) in [4.78, 5) is 0. The summed E-state index contributed by atoms with van der Waals surface area (Å²) < 4.78 is 0. The lowest BCUT2D eigenvalue weighted by Crippen LogP contribution is -2.01. The largest absolute Gasteiger partial charge is 0.513 e. The molecule has 2 heteroatoms. The summed E-state index contributed by atoms with van der Waals surface area (Å²) in [6.07, 6.45) is 2.10. The number of aliphatic hydroxyl groups excluding tert-OH is 1. The highest BCUT2D eigenvalue weighted by Gasteiger charge is 2.05. The van der Waals surface area contributed by atoms with Crippen molar-refractivity contribution in [2.75, 3.05) is 0 Å². The molecule has 0 bridgehead atoms. The molecule has 2 N–H and O–H groups in total. The van der Waals surface area contributed by atoms with Crippen LogP contribution in [0.3, 0.4) is 0 Å². The van der Waals surface area contributed by atoms with Gasteiger partial charge in [-0.05, 0) is 17.5 Å². The Balaban J connectivity index is 2.68. The maximum Gasteiger partial charge on any atom is 0.0882 e. The maximum atomic E-state index is 9.15. The fourth-order valence-corrected chi connectivity index (χ4v) is 1.22. The normalized spacial score (nSPS) is 12.1. The van der Waals surface area contributed by atoms with Crippen molar-refractivity contribution in [3.8, 4) is 0 Å². The maximum absolute atomic E-state index is 9.15. The molecule has 0 aromatic heterocycles. The SMILES string of the molecule is C=C(O)C(C)Cc1ccc(C=N)cc1. The summed E-state index contributed by atoms with van der Waals surface area (Å²) in [5.41, 5.74) is 2.04. The van der Waals surface area contributed by atoms with E-state index in [0.717, 1.165) is 17.5 Å². The first-order chi connectivity index (χ1) is 6.63. The van der Waals surface area contributed by atoms with Crippen LogP contribution in [-0.4, -0.2) is 11.3 Å². The van der Waals surface area contributed by atoms with Crippen molar-refractivity contribution in [2.24, 2.45) is 5.92 Å². The Bertz CT molecular complexity index is 327. The Morgan fingerprint density at radius 2 is 2.07 bits per heavy atom. The van der Waals surface area contributed by atoms with Crippen LogP contribution in [0.15, 0.2) is 36.6 Å². The number of aliphatic hydroxyl groups is 1. The third kappa shape index (κ3) is 2.73. The van der Waals surface area contributed by atoms with Gasteiger partial charge in [-0.1, -0.05) is 37.8 Å². The highest BCUT2D eigenvalue weighted by Crippen LogP contribution is 2.13. The van der Waals surface area contributed by atoms with E-state index in [-0.39, 0.29) is 11.7 Å². The Kier molecular flexibility index (Phi) is 3.46. The average Bonchev–Trinajstić information content (AvgIpc) is 2.19. The van der Waals surface area contributed by atoms with Gasteiger partial charge >= 0.3 is 0 Å². The number of allylic oxidation sites excluding steroid dienone is 1. The van der Waals surface area contributed by atoms with Crippen LogP contribution in [0.5, 0.6) is 0 Å². The Morgan fingerprint density at radius 1 is 1.50 bits per heavy atom. The molecule has 1 aromatic rings. The van der Waals surface area contributed by atoms with Gasteiger partial charge in [0.15, 0.2) is 0 Å². The standard InChI is InChI=1S/C12H15NO/c1-9(10(2)14)7-11-3-5-12(8-13)6-4-11/h3-6,8-9,13-14H,2,7H2,1H3. The van der Waals surface area contributed by atoms with Crippen LogP contribution in [0, 0.1) is 11.3 Å². The molecule has 0 aliphatic carbocycles. The Hall–Kier alpha value is -1.57. The number of hydrogen-bond acceptors (Lipinski definition) is 2. The van der Waals surface area contributed by atoms with Gasteiger partial charge < -0.3 is 10.5 Å². The average molecular weight is 189 g/mol. The molecule has 0 saturated heterocycles. The van der Waals surface area contributed by atoms with E-state index < -0.39 is 0 Å². The third-order valence-corrected chi connectivity index (χ3v) is 2.26. The van der Waals surface area contributed by atoms with Gasteiger partial charge in [0.1, 0.15) is 0 Å². The van der Waals surface area contributed by atoms with Gasteiger partial charge in [0.05, 0.1) is 5.76 Å². The first-order valence-electron chi connectivity index (χ1n) is 4.60. The molecule has 1 aromatic carbocycles. The van der Waals surface area contributed by atoms with Crippen LogP contribution in [0.4, 0.5) is 0 Å². The van der Waals surface area contributed by atoms with Crippen molar-refractivity contribution >= 4 is 6.21 Å². The van der Waals surface area contributed by atoms with Crippen LogP contribution in [-0.2, 0) is 6.42 Å². The van der Waals surface area contributed by atoms with Gasteiger partial charge in [0.2, 0.25) is 0 Å². The molecule has 0 amide bonds. The molecular formula is C12H15NO. The van der Waals surface area contributed by atoms with Crippen molar-refractivity contribution < 1.29 is 5.11 Å².